The summed E-state index contributed by atoms with van der Waals surface area (Å²) >= 11 is 8.77. The van der Waals surface area contributed by atoms with Gasteiger partial charge in [0.15, 0.2) is 5.11 Å². The van der Waals surface area contributed by atoms with Gasteiger partial charge < -0.3 is 15.4 Å². The smallest absolute Gasteiger partial charge is 0.171 e. The fourth-order valence-corrected chi connectivity index (χ4v) is 2.76. The summed E-state index contributed by atoms with van der Waals surface area (Å²) in [6.45, 7) is 6.77. The topological polar surface area (TPSA) is 33.3 Å². The molecule has 0 aromatic heterocycles. The van der Waals surface area contributed by atoms with E-state index in [4.69, 9.17) is 17.0 Å². The maximum atomic E-state index is 5.29. The second kappa shape index (κ2) is 7.07. The third-order valence-corrected chi connectivity index (χ3v) is 3.21. The summed E-state index contributed by atoms with van der Waals surface area (Å²) in [5, 5.41) is 7.04. The van der Waals surface area contributed by atoms with Crippen molar-refractivity contribution >= 4 is 38.9 Å². The second-order valence-corrected chi connectivity index (χ2v) is 5.69. The normalized spacial score (nSPS) is 12.1. The lowest BCUT2D eigenvalue weighted by molar-refractivity contribution is 0.179. The lowest BCUT2D eigenvalue weighted by Gasteiger charge is -2.18. The predicted octanol–water partition coefficient (Wildman–Crippen LogP) is 3.39. The Balaban J connectivity index is 2.70. The Morgan fingerprint density at radius 3 is 2.44 bits per heavy atom. The van der Waals surface area contributed by atoms with Crippen LogP contribution in [0.5, 0.6) is 0 Å². The standard InChI is InChI=1S/C13H19BrN2OS/c1-8-5-11(14)6-9(2)12(8)16-13(18)15-10(3)7-17-4/h5-6,10H,7H2,1-4H3,(H2,15,16,18)/t10-/m1/s1. The van der Waals surface area contributed by atoms with Crippen LogP contribution in [0.1, 0.15) is 18.1 Å². The molecule has 0 aliphatic carbocycles. The molecule has 1 rings (SSSR count). The van der Waals surface area contributed by atoms with Gasteiger partial charge in [-0.05, 0) is 56.2 Å². The summed E-state index contributed by atoms with van der Waals surface area (Å²) in [4.78, 5) is 0. The number of methoxy groups -OCH3 is 1. The van der Waals surface area contributed by atoms with Gasteiger partial charge in [-0.1, -0.05) is 15.9 Å². The van der Waals surface area contributed by atoms with Crippen LogP contribution in [0.15, 0.2) is 16.6 Å². The van der Waals surface area contributed by atoms with Crippen LogP contribution in [0, 0.1) is 13.8 Å². The summed E-state index contributed by atoms with van der Waals surface area (Å²) < 4.78 is 6.14. The summed E-state index contributed by atoms with van der Waals surface area (Å²) in [6, 6.07) is 4.32. The van der Waals surface area contributed by atoms with Gasteiger partial charge in [-0.15, -0.1) is 0 Å². The van der Waals surface area contributed by atoms with E-state index in [0.717, 1.165) is 21.3 Å². The fourth-order valence-electron chi connectivity index (χ4n) is 1.77. The lowest BCUT2D eigenvalue weighted by atomic mass is 10.1. The van der Waals surface area contributed by atoms with E-state index in [9.17, 15) is 0 Å². The molecule has 0 unspecified atom stereocenters. The molecule has 100 valence electrons. The van der Waals surface area contributed by atoms with Crippen molar-refractivity contribution in [3.05, 3.63) is 27.7 Å². The average molecular weight is 331 g/mol. The number of hydrogen-bond donors (Lipinski definition) is 2. The van der Waals surface area contributed by atoms with Crippen molar-refractivity contribution in [1.82, 2.24) is 5.32 Å². The first kappa shape index (κ1) is 15.4. The zero-order chi connectivity index (χ0) is 13.7. The molecular formula is C13H19BrN2OS. The molecule has 0 aliphatic heterocycles. The lowest BCUT2D eigenvalue weighted by Crippen LogP contribution is -2.38. The van der Waals surface area contributed by atoms with Crippen LogP contribution in [0.25, 0.3) is 0 Å². The van der Waals surface area contributed by atoms with Crippen LogP contribution < -0.4 is 10.6 Å². The molecule has 2 N–H and O–H groups in total. The number of ether oxygens (including phenoxy) is 1. The zero-order valence-electron chi connectivity index (χ0n) is 11.1. The highest BCUT2D eigenvalue weighted by molar-refractivity contribution is 9.10. The number of thiocarbonyl (C=S) groups is 1. The highest BCUT2D eigenvalue weighted by Gasteiger charge is 2.08. The quantitative estimate of drug-likeness (QED) is 0.829. The molecule has 3 nitrogen and oxygen atoms in total. The van der Waals surface area contributed by atoms with Gasteiger partial charge in [0.1, 0.15) is 0 Å². The largest absolute Gasteiger partial charge is 0.383 e. The van der Waals surface area contributed by atoms with Crippen LogP contribution in [0.3, 0.4) is 0 Å². The first-order chi connectivity index (χ1) is 8.43. The van der Waals surface area contributed by atoms with Crippen LogP contribution in [-0.4, -0.2) is 24.9 Å². The fraction of sp³-hybridized carbons (Fsp3) is 0.462. The number of rotatable bonds is 4. The van der Waals surface area contributed by atoms with Crippen molar-refractivity contribution < 1.29 is 4.74 Å². The van der Waals surface area contributed by atoms with Gasteiger partial charge in [-0.2, -0.15) is 0 Å². The minimum Gasteiger partial charge on any atom is -0.383 e. The van der Waals surface area contributed by atoms with Crippen molar-refractivity contribution in [3.63, 3.8) is 0 Å². The molecule has 0 aliphatic rings. The van der Waals surface area contributed by atoms with Crippen molar-refractivity contribution in [2.75, 3.05) is 19.0 Å². The van der Waals surface area contributed by atoms with Gasteiger partial charge in [0, 0.05) is 23.3 Å². The molecule has 18 heavy (non-hydrogen) atoms. The first-order valence-corrected chi connectivity index (χ1v) is 6.97. The predicted molar refractivity (Wildman–Crippen MR) is 84.3 cm³/mol. The van der Waals surface area contributed by atoms with E-state index in [2.05, 4.69) is 52.5 Å². The molecule has 0 saturated heterocycles. The van der Waals surface area contributed by atoms with Gasteiger partial charge in [0.2, 0.25) is 0 Å². The molecule has 1 aromatic rings. The Bertz CT molecular complexity index is 414. The molecule has 5 heteroatoms. The average Bonchev–Trinajstić information content (AvgIpc) is 2.23. The molecule has 0 bridgehead atoms. The van der Waals surface area contributed by atoms with Gasteiger partial charge in [-0.25, -0.2) is 0 Å². The Morgan fingerprint density at radius 1 is 1.39 bits per heavy atom. The van der Waals surface area contributed by atoms with E-state index in [0.29, 0.717) is 11.7 Å². The van der Waals surface area contributed by atoms with Crippen molar-refractivity contribution in [2.45, 2.75) is 26.8 Å². The Morgan fingerprint density at radius 2 is 1.94 bits per heavy atom. The van der Waals surface area contributed by atoms with Crippen molar-refractivity contribution in [2.24, 2.45) is 0 Å². The zero-order valence-corrected chi connectivity index (χ0v) is 13.5. The molecule has 0 radical (unpaired) electrons. The third-order valence-electron chi connectivity index (χ3n) is 2.53. The maximum Gasteiger partial charge on any atom is 0.171 e. The van der Waals surface area contributed by atoms with E-state index in [1.165, 1.54) is 0 Å². The van der Waals surface area contributed by atoms with Gasteiger partial charge >= 0.3 is 0 Å². The molecule has 0 saturated carbocycles. The molecule has 0 spiro atoms. The van der Waals surface area contributed by atoms with Gasteiger partial charge in [0.05, 0.1) is 6.61 Å². The molecule has 0 fully saturated rings. The number of aryl methyl sites for hydroxylation is 2. The number of nitrogens with one attached hydrogen (secondary N) is 2. The summed E-state index contributed by atoms with van der Waals surface area (Å²) in [5.41, 5.74) is 3.37. The molecule has 0 amide bonds. The summed E-state index contributed by atoms with van der Waals surface area (Å²) in [6.07, 6.45) is 0. The monoisotopic (exact) mass is 330 g/mol. The number of hydrogen-bond acceptors (Lipinski definition) is 2. The van der Waals surface area contributed by atoms with Crippen molar-refractivity contribution in [1.29, 1.82) is 0 Å². The Labute approximate surface area is 122 Å². The molecular weight excluding hydrogens is 312 g/mol. The summed E-state index contributed by atoms with van der Waals surface area (Å²) in [5.74, 6) is 0. The van der Waals surface area contributed by atoms with E-state index < -0.39 is 0 Å². The van der Waals surface area contributed by atoms with E-state index >= 15 is 0 Å². The van der Waals surface area contributed by atoms with Crippen LogP contribution in [0.4, 0.5) is 5.69 Å². The second-order valence-electron chi connectivity index (χ2n) is 4.37. The minimum atomic E-state index is 0.186. The molecule has 1 aromatic carbocycles. The van der Waals surface area contributed by atoms with E-state index in [-0.39, 0.29) is 6.04 Å². The van der Waals surface area contributed by atoms with Crippen LogP contribution >= 0.6 is 28.1 Å². The summed E-state index contributed by atoms with van der Waals surface area (Å²) in [7, 11) is 1.68. The van der Waals surface area contributed by atoms with Crippen molar-refractivity contribution in [3.8, 4) is 0 Å². The first-order valence-electron chi connectivity index (χ1n) is 5.77. The van der Waals surface area contributed by atoms with Gasteiger partial charge in [0.25, 0.3) is 0 Å². The highest BCUT2D eigenvalue weighted by atomic mass is 79.9. The highest BCUT2D eigenvalue weighted by Crippen LogP contribution is 2.24. The minimum absolute atomic E-state index is 0.186. The maximum absolute atomic E-state index is 5.29. The number of benzene rings is 1. The SMILES string of the molecule is COC[C@@H](C)NC(=S)Nc1c(C)cc(Br)cc1C. The van der Waals surface area contributed by atoms with Crippen LogP contribution in [0.2, 0.25) is 0 Å². The molecule has 0 heterocycles. The number of halogens is 1. The molecule has 1 atom stereocenters. The van der Waals surface area contributed by atoms with Gasteiger partial charge in [-0.3, -0.25) is 0 Å². The van der Waals surface area contributed by atoms with E-state index in [1.807, 2.05) is 6.92 Å². The third kappa shape index (κ3) is 4.55. The number of anilines is 1. The van der Waals surface area contributed by atoms with E-state index in [1.54, 1.807) is 7.11 Å². The Hall–Kier alpha value is -0.650. The Kier molecular flexibility index (Phi) is 6.05. The van der Waals surface area contributed by atoms with Crippen LogP contribution in [-0.2, 0) is 4.74 Å².